The van der Waals surface area contributed by atoms with E-state index in [1.807, 2.05) is 0 Å². The van der Waals surface area contributed by atoms with Gasteiger partial charge in [0.15, 0.2) is 11.5 Å². The maximum absolute atomic E-state index is 6.00. The molecule has 4 aliphatic rings. The van der Waals surface area contributed by atoms with Crippen molar-refractivity contribution in [2.75, 3.05) is 14.2 Å². The van der Waals surface area contributed by atoms with Gasteiger partial charge < -0.3 is 29.4 Å². The molecule has 16 bridgehead atoms. The normalized spacial score (nSPS) is 16.4. The fourth-order valence-electron chi connectivity index (χ4n) is 11.4. The molecule has 0 fully saturated rings. The fourth-order valence-corrected chi connectivity index (χ4v) is 11.4. The van der Waals surface area contributed by atoms with Gasteiger partial charge in [-0.05, 0) is 95.1 Å². The summed E-state index contributed by atoms with van der Waals surface area (Å²) in [7, 11) is 3.46. The summed E-state index contributed by atoms with van der Waals surface area (Å²) in [4.78, 5) is 36.0. The van der Waals surface area contributed by atoms with Crippen LogP contribution in [0.1, 0.15) is 101 Å². The molecule has 4 aliphatic heterocycles. The molecule has 0 atom stereocenters. The van der Waals surface area contributed by atoms with Gasteiger partial charge >= 0.3 is 0 Å². The highest BCUT2D eigenvalue weighted by molar-refractivity contribution is 5.87. The third kappa shape index (κ3) is 7.88. The van der Waals surface area contributed by atoms with Crippen LogP contribution in [0.15, 0.2) is 121 Å². The first-order chi connectivity index (χ1) is 34.4. The number of aromatic nitrogens is 8. The van der Waals surface area contributed by atoms with Crippen molar-refractivity contribution in [3.8, 4) is 44.9 Å². The number of nitrogens with zero attached hydrogens (tertiary/aromatic N) is 4. The Balaban J connectivity index is 0.968. The molecule has 0 saturated heterocycles. The zero-order chi connectivity index (χ0) is 49.9. The molecule has 0 saturated carbocycles. The number of fused-ring (bicyclic) bond motifs is 16. The quantitative estimate of drug-likeness (QED) is 0.136. The Morgan fingerprint density at radius 3 is 0.917 bits per heavy atom. The van der Waals surface area contributed by atoms with Crippen molar-refractivity contribution in [3.63, 3.8) is 0 Å². The predicted octanol–water partition coefficient (Wildman–Crippen LogP) is 14.0. The largest absolute Gasteiger partial charge is 0.493 e. The Bertz CT molecular complexity index is 3590. The van der Waals surface area contributed by atoms with Crippen molar-refractivity contribution in [1.82, 2.24) is 39.9 Å². The summed E-state index contributed by atoms with van der Waals surface area (Å²) in [5, 5.41) is 0. The van der Waals surface area contributed by atoms with Gasteiger partial charge in [0.25, 0.3) is 0 Å². The second-order valence-electron chi connectivity index (χ2n) is 22.9. The molecule has 8 aromatic rings. The van der Waals surface area contributed by atoms with Crippen LogP contribution in [0.5, 0.6) is 11.5 Å². The molecule has 0 spiro atoms. The van der Waals surface area contributed by atoms with Gasteiger partial charge in [-0.2, -0.15) is 0 Å². The van der Waals surface area contributed by atoms with Crippen LogP contribution in [0.3, 0.4) is 0 Å². The van der Waals surface area contributed by atoms with E-state index in [0.717, 1.165) is 160 Å². The summed E-state index contributed by atoms with van der Waals surface area (Å²) in [5.41, 5.74) is 21.9. The molecule has 12 rings (SSSR count). The minimum Gasteiger partial charge on any atom is -0.493 e. The van der Waals surface area contributed by atoms with Crippen LogP contribution in [0.4, 0.5) is 0 Å². The average molecular weight is 951 g/mol. The smallest absolute Gasteiger partial charge is 0.163 e. The van der Waals surface area contributed by atoms with Gasteiger partial charge in [-0.1, -0.05) is 104 Å². The van der Waals surface area contributed by atoms with Crippen molar-refractivity contribution in [2.45, 2.75) is 103 Å². The summed E-state index contributed by atoms with van der Waals surface area (Å²) in [6.07, 6.45) is 3.14. The molecule has 0 amide bonds. The minimum absolute atomic E-state index is 0.171. The number of aromatic amines is 4. The first kappa shape index (κ1) is 45.4. The molecule has 0 radical (unpaired) electrons. The molecular weight excluding hydrogens is 889 g/mol. The summed E-state index contributed by atoms with van der Waals surface area (Å²) in [5.74, 6) is 1.55. The van der Waals surface area contributed by atoms with Gasteiger partial charge in [-0.25, -0.2) is 0 Å². The van der Waals surface area contributed by atoms with Gasteiger partial charge in [-0.3, -0.25) is 19.9 Å². The predicted molar refractivity (Wildman–Crippen MR) is 292 cm³/mol. The molecule has 2 aromatic carbocycles. The van der Waals surface area contributed by atoms with Crippen LogP contribution >= 0.6 is 0 Å². The Morgan fingerprint density at radius 2 is 0.597 bits per heavy atom. The zero-order valence-electron chi connectivity index (χ0n) is 43.0. The van der Waals surface area contributed by atoms with Gasteiger partial charge in [0.2, 0.25) is 0 Å². The van der Waals surface area contributed by atoms with Crippen LogP contribution < -0.4 is 9.47 Å². The molecule has 72 heavy (non-hydrogen) atoms. The van der Waals surface area contributed by atoms with Crippen LogP contribution in [-0.4, -0.2) is 54.1 Å². The first-order valence-corrected chi connectivity index (χ1v) is 25.2. The van der Waals surface area contributed by atoms with E-state index in [2.05, 4.69) is 197 Å². The van der Waals surface area contributed by atoms with E-state index in [0.29, 0.717) is 0 Å². The zero-order valence-corrected chi connectivity index (χ0v) is 43.0. The molecule has 10 nitrogen and oxygen atoms in total. The Morgan fingerprint density at radius 1 is 0.333 bits per heavy atom. The maximum atomic E-state index is 6.00. The summed E-state index contributed by atoms with van der Waals surface area (Å²) >= 11 is 0. The average Bonchev–Trinajstić information content (AvgIpc) is 4.22. The van der Waals surface area contributed by atoms with E-state index in [-0.39, 0.29) is 21.7 Å². The van der Waals surface area contributed by atoms with Crippen LogP contribution in [0.2, 0.25) is 0 Å². The molecule has 362 valence electrons. The lowest BCUT2D eigenvalue weighted by Crippen LogP contribution is -2.15. The second kappa shape index (κ2) is 16.4. The summed E-state index contributed by atoms with van der Waals surface area (Å²) in [6.45, 7) is 18.1. The highest BCUT2D eigenvalue weighted by Crippen LogP contribution is 2.42. The van der Waals surface area contributed by atoms with Gasteiger partial charge in [0.1, 0.15) is 0 Å². The Labute approximate surface area is 420 Å². The lowest BCUT2D eigenvalue weighted by molar-refractivity contribution is 0.409. The standard InChI is InChI=1S/C62H62N8O2/c1-59(2)31-47-55(43-23-19-39(63-43)27-53-61(5,6)33-49(69-53)57(71-9)45-25-21-41(65-45)29-51(59)67-47)37-15-11-35(12-16-37)36-13-17-38(18-14-36)56-44-24-20-40(64-44)28-54-62(7,8)34-50(70-54)58(72-10)46-26-22-42(66-46)30-52-60(3,4)32-48(56)68-52/h11-30,63-66H,31-34H2,1-10H3. The second-order valence-corrected chi connectivity index (χ2v) is 22.9. The van der Waals surface area contributed by atoms with Crippen LogP contribution in [-0.2, 0) is 47.3 Å². The molecule has 0 unspecified atom stereocenters. The summed E-state index contributed by atoms with van der Waals surface area (Å²) < 4.78 is 12.0. The number of hydrogen-bond donors (Lipinski definition) is 4. The van der Waals surface area contributed by atoms with E-state index < -0.39 is 0 Å². The van der Waals surface area contributed by atoms with Gasteiger partial charge in [0.05, 0.1) is 48.0 Å². The van der Waals surface area contributed by atoms with E-state index in [9.17, 15) is 0 Å². The number of methoxy groups -OCH3 is 2. The van der Waals surface area contributed by atoms with Crippen molar-refractivity contribution in [1.29, 1.82) is 0 Å². The van der Waals surface area contributed by atoms with Crippen molar-refractivity contribution in [3.05, 3.63) is 167 Å². The first-order valence-electron chi connectivity index (χ1n) is 25.2. The molecule has 10 heterocycles. The van der Waals surface area contributed by atoms with Gasteiger partial charge in [0, 0.05) is 114 Å². The van der Waals surface area contributed by atoms with Gasteiger partial charge in [-0.15, -0.1) is 0 Å². The van der Waals surface area contributed by atoms with E-state index in [1.165, 1.54) is 0 Å². The number of rotatable bonds is 5. The molecule has 4 N–H and O–H groups in total. The lowest BCUT2D eigenvalue weighted by atomic mass is 9.85. The van der Waals surface area contributed by atoms with Crippen molar-refractivity contribution in [2.24, 2.45) is 0 Å². The highest BCUT2D eigenvalue weighted by Gasteiger charge is 2.35. The van der Waals surface area contributed by atoms with E-state index in [1.54, 1.807) is 14.2 Å². The summed E-state index contributed by atoms with van der Waals surface area (Å²) in [6, 6.07) is 43.8. The number of benzene rings is 2. The number of hydrogen-bond acceptors (Lipinski definition) is 6. The molecule has 10 heteroatoms. The fraction of sp³-hybridized carbons (Fsp3) is 0.290. The van der Waals surface area contributed by atoms with Crippen molar-refractivity contribution >= 4 is 44.1 Å². The number of ether oxygens (including phenoxy) is 2. The van der Waals surface area contributed by atoms with Crippen LogP contribution in [0, 0.1) is 0 Å². The number of H-pyrrole nitrogens is 4. The molecule has 6 aromatic heterocycles. The number of nitrogens with one attached hydrogen (secondary N) is 4. The SMILES string of the molecule is COc1c2nc(cc3ccc([nH]3)c(-c3ccc(-c4ccc(-c5c6nc(cc7ccc([nH]7)c(OC)c7nc(cc8ccc5[nH]8)C(C)(C)C7)C(C)(C)C6)cc4)cc3)c3nc(cc4ccc1[nH]4)C(C)(C)C3)C(C)(C)C2. The van der Waals surface area contributed by atoms with E-state index in [4.69, 9.17) is 29.4 Å². The topological polar surface area (TPSA) is 133 Å². The molecular formula is C62H62N8O2. The highest BCUT2D eigenvalue weighted by atomic mass is 16.5. The van der Waals surface area contributed by atoms with Crippen LogP contribution in [0.25, 0.3) is 77.5 Å². The lowest BCUT2D eigenvalue weighted by Gasteiger charge is -2.17. The Hall–Kier alpha value is -7.72. The third-order valence-corrected chi connectivity index (χ3v) is 15.5. The Kier molecular flexibility index (Phi) is 10.4. The minimum atomic E-state index is -0.190. The van der Waals surface area contributed by atoms with Crippen molar-refractivity contribution < 1.29 is 9.47 Å². The molecule has 0 aliphatic carbocycles. The third-order valence-electron chi connectivity index (χ3n) is 15.5. The van der Waals surface area contributed by atoms with E-state index >= 15 is 0 Å². The monoisotopic (exact) mass is 950 g/mol. The maximum Gasteiger partial charge on any atom is 0.163 e.